The van der Waals surface area contributed by atoms with E-state index in [1.165, 1.54) is 38.5 Å². The van der Waals surface area contributed by atoms with E-state index < -0.39 is 0 Å². The lowest BCUT2D eigenvalue weighted by molar-refractivity contribution is -0.00555. The Kier molecular flexibility index (Phi) is 5.64. The average molecular weight is 474 g/mol. The maximum Gasteiger partial charge on any atom is 0.260 e. The summed E-state index contributed by atoms with van der Waals surface area (Å²) in [6.45, 7) is 3.03. The van der Waals surface area contributed by atoms with Crippen molar-refractivity contribution in [1.82, 2.24) is 10.2 Å². The third-order valence-corrected chi connectivity index (χ3v) is 9.17. The molecule has 0 unspecified atom stereocenters. The maximum absolute atomic E-state index is 13.7. The molecule has 0 aliphatic heterocycles. The van der Waals surface area contributed by atoms with Crippen LogP contribution < -0.4 is 9.64 Å². The Morgan fingerprint density at radius 2 is 1.62 bits per heavy atom. The molecular formula is C28H31N3O2S. The van der Waals surface area contributed by atoms with Gasteiger partial charge in [0, 0.05) is 11.0 Å². The second kappa shape index (κ2) is 8.81. The van der Waals surface area contributed by atoms with E-state index in [-0.39, 0.29) is 11.3 Å². The first-order valence-electron chi connectivity index (χ1n) is 12.5. The van der Waals surface area contributed by atoms with Gasteiger partial charge in [-0.25, -0.2) is 0 Å². The lowest BCUT2D eigenvalue weighted by Crippen LogP contribution is -2.48. The summed E-state index contributed by atoms with van der Waals surface area (Å²) in [5, 5.41) is 11.2. The third-order valence-electron chi connectivity index (χ3n) is 7.98. The monoisotopic (exact) mass is 473 g/mol. The molecule has 4 bridgehead atoms. The van der Waals surface area contributed by atoms with Gasteiger partial charge in [-0.2, -0.15) is 0 Å². The molecule has 0 radical (unpaired) electrons. The molecule has 3 aromatic rings. The summed E-state index contributed by atoms with van der Waals surface area (Å²) in [5.74, 6) is 3.27. The van der Waals surface area contributed by atoms with Crippen LogP contribution in [0.3, 0.4) is 0 Å². The molecular weight excluding hydrogens is 442 g/mol. The summed E-state index contributed by atoms with van der Waals surface area (Å²) < 4.78 is 5.56. The molecule has 0 N–H and O–H groups in total. The highest BCUT2D eigenvalue weighted by atomic mass is 32.1. The van der Waals surface area contributed by atoms with Gasteiger partial charge in [0.05, 0.1) is 13.2 Å². The first-order chi connectivity index (χ1) is 16.6. The topological polar surface area (TPSA) is 55.3 Å². The van der Waals surface area contributed by atoms with Gasteiger partial charge in [-0.1, -0.05) is 41.7 Å². The van der Waals surface area contributed by atoms with Crippen LogP contribution in [0.2, 0.25) is 0 Å². The van der Waals surface area contributed by atoms with Crippen LogP contribution in [0.25, 0.3) is 0 Å². The summed E-state index contributed by atoms with van der Waals surface area (Å²) in [7, 11) is 0. The molecule has 4 aliphatic rings. The van der Waals surface area contributed by atoms with Crippen LogP contribution in [0.5, 0.6) is 5.75 Å². The van der Waals surface area contributed by atoms with E-state index >= 15 is 0 Å². The van der Waals surface area contributed by atoms with Crippen molar-refractivity contribution >= 4 is 22.4 Å². The number of rotatable bonds is 7. The van der Waals surface area contributed by atoms with Crippen molar-refractivity contribution in [3.8, 4) is 5.75 Å². The predicted molar refractivity (Wildman–Crippen MR) is 134 cm³/mol. The van der Waals surface area contributed by atoms with Crippen LogP contribution in [0.4, 0.5) is 5.13 Å². The number of hydrogen-bond acceptors (Lipinski definition) is 5. The summed E-state index contributed by atoms with van der Waals surface area (Å²) in [5.41, 5.74) is 1.89. The zero-order valence-corrected chi connectivity index (χ0v) is 20.5. The number of hydrogen-bond donors (Lipinski definition) is 0. The van der Waals surface area contributed by atoms with E-state index in [1.807, 2.05) is 49.4 Å². The molecule has 6 heteroatoms. The molecule has 4 aliphatic carbocycles. The van der Waals surface area contributed by atoms with E-state index in [2.05, 4.69) is 17.2 Å². The van der Waals surface area contributed by atoms with Crippen LogP contribution in [-0.2, 0) is 12.0 Å². The molecule has 0 spiro atoms. The van der Waals surface area contributed by atoms with Gasteiger partial charge in [0.2, 0.25) is 5.13 Å². The highest BCUT2D eigenvalue weighted by Gasteiger charge is 2.53. The van der Waals surface area contributed by atoms with Gasteiger partial charge in [0.15, 0.2) is 0 Å². The van der Waals surface area contributed by atoms with Crippen molar-refractivity contribution in [1.29, 1.82) is 0 Å². The summed E-state index contributed by atoms with van der Waals surface area (Å²) in [6.07, 6.45) is 7.96. The maximum atomic E-state index is 13.7. The predicted octanol–water partition coefficient (Wildman–Crippen LogP) is 6.25. The minimum absolute atomic E-state index is 0.0555. The molecule has 7 rings (SSSR count). The first-order valence-corrected chi connectivity index (χ1v) is 13.4. The van der Waals surface area contributed by atoms with Gasteiger partial charge in [-0.15, -0.1) is 10.2 Å². The molecule has 4 fully saturated rings. The Balaban J connectivity index is 1.31. The van der Waals surface area contributed by atoms with Gasteiger partial charge in [-0.3, -0.25) is 9.69 Å². The van der Waals surface area contributed by atoms with Gasteiger partial charge in [0.1, 0.15) is 10.8 Å². The Bertz CT molecular complexity index is 1120. The van der Waals surface area contributed by atoms with Crippen molar-refractivity contribution in [2.75, 3.05) is 11.5 Å². The summed E-state index contributed by atoms with van der Waals surface area (Å²) in [4.78, 5) is 15.5. The van der Waals surface area contributed by atoms with Gasteiger partial charge >= 0.3 is 0 Å². The Morgan fingerprint density at radius 1 is 0.971 bits per heavy atom. The Labute approximate surface area is 205 Å². The number of anilines is 1. The van der Waals surface area contributed by atoms with Crippen LogP contribution in [0.15, 0.2) is 54.6 Å². The second-order valence-corrected chi connectivity index (χ2v) is 11.4. The third kappa shape index (κ3) is 4.02. The molecule has 4 saturated carbocycles. The minimum atomic E-state index is -0.0555. The van der Waals surface area contributed by atoms with Gasteiger partial charge < -0.3 is 4.74 Å². The molecule has 1 amide bonds. The van der Waals surface area contributed by atoms with Crippen molar-refractivity contribution in [2.24, 2.45) is 17.8 Å². The quantitative estimate of drug-likeness (QED) is 0.407. The molecule has 5 nitrogen and oxygen atoms in total. The number of carbonyl (C=O) groups excluding carboxylic acids is 1. The second-order valence-electron chi connectivity index (χ2n) is 10.4. The molecule has 2 aromatic carbocycles. The smallest absolute Gasteiger partial charge is 0.260 e. The highest BCUT2D eigenvalue weighted by molar-refractivity contribution is 7.15. The fourth-order valence-corrected chi connectivity index (χ4v) is 7.98. The zero-order chi connectivity index (χ0) is 23.1. The average Bonchev–Trinajstić information content (AvgIpc) is 3.34. The molecule has 0 saturated heterocycles. The molecule has 1 heterocycles. The number of amides is 1. The van der Waals surface area contributed by atoms with Crippen molar-refractivity contribution < 1.29 is 9.53 Å². The van der Waals surface area contributed by atoms with E-state index in [9.17, 15) is 4.79 Å². The minimum Gasteiger partial charge on any atom is -0.494 e. The lowest BCUT2D eigenvalue weighted by Gasteiger charge is -2.55. The SMILES string of the molecule is CCOc1ccc(C(=O)N(Cc2ccccc2)c2nnc(C34CC5CC(CC(C5)C3)C4)s2)cc1. The van der Waals surface area contributed by atoms with E-state index in [4.69, 9.17) is 9.84 Å². The fourth-order valence-electron chi connectivity index (χ4n) is 6.92. The zero-order valence-electron chi connectivity index (χ0n) is 19.7. The normalized spacial score (nSPS) is 27.0. The number of nitrogens with zero attached hydrogens (tertiary/aromatic N) is 3. The number of ether oxygens (including phenoxy) is 1. The van der Waals surface area contributed by atoms with E-state index in [0.717, 1.165) is 34.1 Å². The van der Waals surface area contributed by atoms with Gasteiger partial charge in [-0.05, 0) is 93.0 Å². The fraction of sp³-hybridized carbons (Fsp3) is 0.464. The highest BCUT2D eigenvalue weighted by Crippen LogP contribution is 2.61. The molecule has 0 atom stereocenters. The lowest BCUT2D eigenvalue weighted by atomic mass is 9.50. The van der Waals surface area contributed by atoms with Crippen LogP contribution in [-0.4, -0.2) is 22.7 Å². The van der Waals surface area contributed by atoms with E-state index in [1.54, 1.807) is 16.2 Å². The standard InChI is InChI=1S/C28H31N3O2S/c1-2-33-24-10-8-23(9-11-24)25(32)31(18-19-6-4-3-5-7-19)27-30-29-26(34-27)28-15-20-12-21(16-28)14-22(13-20)17-28/h3-11,20-22H,2,12-18H2,1H3. The number of carbonyl (C=O) groups is 1. The molecule has 176 valence electrons. The molecule has 34 heavy (non-hydrogen) atoms. The van der Waals surface area contributed by atoms with Crippen LogP contribution in [0, 0.1) is 17.8 Å². The van der Waals surface area contributed by atoms with Crippen molar-refractivity contribution in [3.05, 3.63) is 70.7 Å². The van der Waals surface area contributed by atoms with E-state index in [0.29, 0.717) is 23.8 Å². The van der Waals surface area contributed by atoms with Crippen LogP contribution >= 0.6 is 11.3 Å². The van der Waals surface area contributed by atoms with Crippen molar-refractivity contribution in [3.63, 3.8) is 0 Å². The summed E-state index contributed by atoms with van der Waals surface area (Å²) >= 11 is 1.64. The van der Waals surface area contributed by atoms with Gasteiger partial charge in [0.25, 0.3) is 5.91 Å². The molecule has 1 aromatic heterocycles. The van der Waals surface area contributed by atoms with Crippen molar-refractivity contribution in [2.45, 2.75) is 57.4 Å². The first kappa shape index (κ1) is 21.8. The van der Waals surface area contributed by atoms with Crippen LogP contribution in [0.1, 0.15) is 66.4 Å². The largest absolute Gasteiger partial charge is 0.494 e. The Hall–Kier alpha value is -2.73. The number of aromatic nitrogens is 2. The number of benzene rings is 2. The Morgan fingerprint density at radius 3 is 2.24 bits per heavy atom. The summed E-state index contributed by atoms with van der Waals surface area (Å²) in [6, 6.07) is 17.5.